The number of rotatable bonds is 12. The van der Waals surface area contributed by atoms with Gasteiger partial charge in [-0.3, -0.25) is 9.80 Å². The number of hydrogen-bond acceptors (Lipinski definition) is 6. The zero-order chi connectivity index (χ0) is 23.8. The maximum absolute atomic E-state index is 9.89. The van der Waals surface area contributed by atoms with E-state index in [0.29, 0.717) is 13.1 Å². The molecule has 3 rings (SSSR count). The van der Waals surface area contributed by atoms with Gasteiger partial charge in [-0.1, -0.05) is 60.7 Å². The van der Waals surface area contributed by atoms with Gasteiger partial charge >= 0.3 is 0 Å². The first kappa shape index (κ1) is 25.8. The first-order valence-corrected chi connectivity index (χ1v) is 11.9. The Morgan fingerprint density at radius 2 is 1.09 bits per heavy atom. The van der Waals surface area contributed by atoms with Gasteiger partial charge in [0.2, 0.25) is 0 Å². The molecule has 0 spiro atoms. The summed E-state index contributed by atoms with van der Waals surface area (Å²) in [6.07, 6.45) is -0.302. The van der Waals surface area contributed by atoms with Crippen LogP contribution in [0, 0.1) is 0 Å². The third-order valence-electron chi connectivity index (χ3n) is 6.35. The first-order valence-electron chi connectivity index (χ1n) is 11.9. The van der Waals surface area contributed by atoms with Gasteiger partial charge in [0.05, 0.1) is 13.2 Å². The van der Waals surface area contributed by atoms with Crippen LogP contribution in [-0.2, 0) is 22.6 Å². The average molecular weight is 457 g/mol. The van der Waals surface area contributed by atoms with Crippen LogP contribution in [0.1, 0.15) is 38.8 Å². The Hall–Kier alpha value is -1.80. The Labute approximate surface area is 198 Å². The van der Waals surface area contributed by atoms with Crippen LogP contribution in [-0.4, -0.2) is 76.4 Å². The maximum atomic E-state index is 9.89. The third kappa shape index (κ3) is 7.60. The molecule has 2 aromatic carbocycles. The lowest BCUT2D eigenvalue weighted by atomic mass is 10.1. The van der Waals surface area contributed by atoms with Crippen molar-refractivity contribution in [3.63, 3.8) is 0 Å². The van der Waals surface area contributed by atoms with E-state index in [1.807, 2.05) is 64.1 Å². The van der Waals surface area contributed by atoms with Gasteiger partial charge in [-0.25, -0.2) is 0 Å². The van der Waals surface area contributed by atoms with Crippen LogP contribution in [0.15, 0.2) is 60.7 Å². The molecular formula is C27H40N2O4. The third-order valence-corrected chi connectivity index (χ3v) is 6.35. The van der Waals surface area contributed by atoms with Crippen molar-refractivity contribution in [2.75, 3.05) is 26.3 Å². The molecule has 0 aliphatic carbocycles. The highest BCUT2D eigenvalue weighted by atomic mass is 16.8. The van der Waals surface area contributed by atoms with E-state index >= 15 is 0 Å². The summed E-state index contributed by atoms with van der Waals surface area (Å²) in [7, 11) is 0. The summed E-state index contributed by atoms with van der Waals surface area (Å²) in [5.41, 5.74) is 2.40. The average Bonchev–Trinajstić information content (AvgIpc) is 3.11. The number of benzene rings is 2. The Bertz CT molecular complexity index is 750. The number of ether oxygens (including phenoxy) is 2. The van der Waals surface area contributed by atoms with Crippen LogP contribution in [0.2, 0.25) is 0 Å². The van der Waals surface area contributed by atoms with Crippen LogP contribution in [0.5, 0.6) is 0 Å². The molecule has 33 heavy (non-hydrogen) atoms. The Balaban J connectivity index is 1.75. The second-order valence-electron chi connectivity index (χ2n) is 9.61. The monoisotopic (exact) mass is 456 g/mol. The van der Waals surface area contributed by atoms with Crippen molar-refractivity contribution in [1.82, 2.24) is 9.80 Å². The highest BCUT2D eigenvalue weighted by Gasteiger charge is 2.43. The molecule has 182 valence electrons. The van der Waals surface area contributed by atoms with E-state index in [1.165, 1.54) is 11.1 Å². The van der Waals surface area contributed by atoms with Crippen LogP contribution in [0.3, 0.4) is 0 Å². The van der Waals surface area contributed by atoms with Crippen molar-refractivity contribution in [3.05, 3.63) is 71.8 Å². The topological polar surface area (TPSA) is 65.4 Å². The van der Waals surface area contributed by atoms with E-state index < -0.39 is 5.79 Å². The van der Waals surface area contributed by atoms with Crippen LogP contribution in [0.4, 0.5) is 0 Å². The summed E-state index contributed by atoms with van der Waals surface area (Å²) in [4.78, 5) is 4.52. The molecule has 1 saturated heterocycles. The fraction of sp³-hybridized carbons (Fsp3) is 0.556. The van der Waals surface area contributed by atoms with E-state index in [-0.39, 0.29) is 37.5 Å². The Morgan fingerprint density at radius 3 is 1.42 bits per heavy atom. The standard InChI is InChI=1S/C27H40N2O4/c1-21(19-30)28(15-23-11-7-5-8-12-23)17-25-26(33-27(3,4)32-25)18-29(22(2)20-31)16-24-13-9-6-10-14-24/h5-14,21-22,25-26,30-31H,15-20H2,1-4H3/t21-,22-,25-,26-/m0/s1. The molecule has 0 aromatic heterocycles. The number of nitrogens with zero attached hydrogens (tertiary/aromatic N) is 2. The van der Waals surface area contributed by atoms with E-state index in [2.05, 4.69) is 34.1 Å². The second-order valence-corrected chi connectivity index (χ2v) is 9.61. The lowest BCUT2D eigenvalue weighted by molar-refractivity contribution is -0.150. The number of aliphatic hydroxyl groups excluding tert-OH is 2. The molecule has 0 saturated carbocycles. The van der Waals surface area contributed by atoms with E-state index in [1.54, 1.807) is 0 Å². The molecule has 2 aromatic rings. The summed E-state index contributed by atoms with van der Waals surface area (Å²) in [5, 5.41) is 19.8. The SMILES string of the molecule is C[C@@H](CO)N(Cc1ccccc1)C[C@@H]1OC(C)(C)O[C@H]1CN(Cc1ccccc1)[C@@H](C)CO. The zero-order valence-corrected chi connectivity index (χ0v) is 20.4. The highest BCUT2D eigenvalue weighted by Crippen LogP contribution is 2.30. The smallest absolute Gasteiger partial charge is 0.163 e. The van der Waals surface area contributed by atoms with Gasteiger partial charge in [0.25, 0.3) is 0 Å². The quantitative estimate of drug-likeness (QED) is 0.511. The summed E-state index contributed by atoms with van der Waals surface area (Å²) >= 11 is 0. The molecule has 0 unspecified atom stereocenters. The Morgan fingerprint density at radius 1 is 0.727 bits per heavy atom. The molecular weight excluding hydrogens is 416 g/mol. The van der Waals surface area contributed by atoms with Crippen molar-refractivity contribution in [3.8, 4) is 0 Å². The Kier molecular flexibility index (Phi) is 9.44. The van der Waals surface area contributed by atoms with E-state index in [4.69, 9.17) is 9.47 Å². The summed E-state index contributed by atoms with van der Waals surface area (Å²) in [6, 6.07) is 20.6. The van der Waals surface area contributed by atoms with Gasteiger partial charge in [0.15, 0.2) is 5.79 Å². The number of hydrogen-bond donors (Lipinski definition) is 2. The maximum Gasteiger partial charge on any atom is 0.163 e. The molecule has 6 heteroatoms. The van der Waals surface area contributed by atoms with Crippen molar-refractivity contribution in [2.24, 2.45) is 0 Å². The minimum atomic E-state index is -0.683. The minimum Gasteiger partial charge on any atom is -0.395 e. The van der Waals surface area contributed by atoms with Gasteiger partial charge < -0.3 is 19.7 Å². The second kappa shape index (κ2) is 12.1. The molecule has 1 aliphatic heterocycles. The van der Waals surface area contributed by atoms with Crippen molar-refractivity contribution >= 4 is 0 Å². The van der Waals surface area contributed by atoms with Crippen molar-refractivity contribution in [1.29, 1.82) is 0 Å². The summed E-state index contributed by atoms with van der Waals surface area (Å²) in [6.45, 7) is 10.9. The molecule has 6 nitrogen and oxygen atoms in total. The molecule has 4 atom stereocenters. The van der Waals surface area contributed by atoms with Gasteiger partial charge in [-0.2, -0.15) is 0 Å². The molecule has 0 amide bonds. The molecule has 0 bridgehead atoms. The molecule has 1 aliphatic rings. The van der Waals surface area contributed by atoms with Crippen LogP contribution < -0.4 is 0 Å². The number of aliphatic hydroxyl groups is 2. The molecule has 2 N–H and O–H groups in total. The zero-order valence-electron chi connectivity index (χ0n) is 20.4. The molecule has 0 radical (unpaired) electrons. The van der Waals surface area contributed by atoms with Crippen LogP contribution >= 0.6 is 0 Å². The lowest BCUT2D eigenvalue weighted by Crippen LogP contribution is -2.48. The van der Waals surface area contributed by atoms with E-state index in [9.17, 15) is 10.2 Å². The van der Waals surface area contributed by atoms with Crippen molar-refractivity contribution in [2.45, 2.75) is 70.9 Å². The normalized spacial score (nSPS) is 22.1. The van der Waals surface area contributed by atoms with Gasteiger partial charge in [-0.05, 0) is 38.8 Å². The predicted molar refractivity (Wildman–Crippen MR) is 131 cm³/mol. The van der Waals surface area contributed by atoms with Crippen molar-refractivity contribution < 1.29 is 19.7 Å². The van der Waals surface area contributed by atoms with Gasteiger partial charge in [0, 0.05) is 38.3 Å². The van der Waals surface area contributed by atoms with Gasteiger partial charge in [-0.15, -0.1) is 0 Å². The lowest BCUT2D eigenvalue weighted by Gasteiger charge is -2.34. The van der Waals surface area contributed by atoms with Crippen LogP contribution in [0.25, 0.3) is 0 Å². The largest absolute Gasteiger partial charge is 0.395 e. The predicted octanol–water partition coefficient (Wildman–Crippen LogP) is 3.27. The fourth-order valence-corrected chi connectivity index (χ4v) is 4.35. The molecule has 1 heterocycles. The molecule has 1 fully saturated rings. The fourth-order valence-electron chi connectivity index (χ4n) is 4.35. The van der Waals surface area contributed by atoms with E-state index in [0.717, 1.165) is 13.1 Å². The highest BCUT2D eigenvalue weighted by molar-refractivity contribution is 5.15. The summed E-state index contributed by atoms with van der Waals surface area (Å²) in [5.74, 6) is -0.683. The first-order chi connectivity index (χ1) is 15.8. The minimum absolute atomic E-state index is 0.00467. The summed E-state index contributed by atoms with van der Waals surface area (Å²) < 4.78 is 12.7. The van der Waals surface area contributed by atoms with Gasteiger partial charge in [0.1, 0.15) is 12.2 Å².